The number of likely N-dealkylation sites (tertiary alicyclic amines) is 1. The van der Waals surface area contributed by atoms with E-state index in [0.717, 1.165) is 30.8 Å². The maximum absolute atomic E-state index is 9.87. The van der Waals surface area contributed by atoms with E-state index >= 15 is 0 Å². The van der Waals surface area contributed by atoms with Crippen molar-refractivity contribution in [2.75, 3.05) is 13.1 Å². The molecule has 24 heavy (non-hydrogen) atoms. The molecule has 4 rings (SSSR count). The molecule has 0 aromatic rings. The molecular weight excluding hydrogens is 330 g/mol. The van der Waals surface area contributed by atoms with Crippen LogP contribution in [0.25, 0.3) is 5.32 Å². The first-order valence-electron chi connectivity index (χ1n) is 7.77. The van der Waals surface area contributed by atoms with Crippen LogP contribution in [0.1, 0.15) is 12.8 Å². The van der Waals surface area contributed by atoms with E-state index < -0.39 is 0 Å². The van der Waals surface area contributed by atoms with Gasteiger partial charge in [-0.1, -0.05) is 11.6 Å². The second-order valence-corrected chi connectivity index (χ2v) is 6.38. The van der Waals surface area contributed by atoms with E-state index in [-0.39, 0.29) is 12.3 Å². The Bertz CT molecular complexity index is 736. The maximum atomic E-state index is 9.87. The average molecular weight is 347 g/mol. The highest BCUT2D eigenvalue weighted by Crippen LogP contribution is 2.31. The number of hydrogen-bond acceptors (Lipinski definition) is 7. The average Bonchev–Trinajstić information content (AvgIpc) is 2.90. The molecule has 4 aliphatic rings. The smallest absolute Gasteiger partial charge is 0.171 e. The van der Waals surface area contributed by atoms with Crippen LogP contribution in [0.3, 0.4) is 0 Å². The van der Waals surface area contributed by atoms with E-state index in [1.807, 2.05) is 6.08 Å². The third kappa shape index (κ3) is 2.67. The molecule has 0 bridgehead atoms. The van der Waals surface area contributed by atoms with Gasteiger partial charge in [-0.3, -0.25) is 4.99 Å². The second kappa shape index (κ2) is 5.95. The number of allylic oxidation sites excluding steroid dienone is 2. The lowest BCUT2D eigenvalue weighted by Crippen LogP contribution is -2.37. The lowest BCUT2D eigenvalue weighted by atomic mass is 10.1. The van der Waals surface area contributed by atoms with Crippen molar-refractivity contribution in [3.8, 4) is 0 Å². The Balaban J connectivity index is 1.66. The summed E-state index contributed by atoms with van der Waals surface area (Å²) in [6.45, 7) is 1.43. The minimum absolute atomic E-state index is 0.325. The summed E-state index contributed by atoms with van der Waals surface area (Å²) in [5, 5.41) is 20.6. The van der Waals surface area contributed by atoms with Gasteiger partial charge >= 0.3 is 0 Å². The lowest BCUT2D eigenvalue weighted by molar-refractivity contribution is 0.0894. The Labute approximate surface area is 144 Å². The maximum Gasteiger partial charge on any atom is 0.171 e. The Hall–Kier alpha value is -2.32. The first-order valence-corrected chi connectivity index (χ1v) is 8.15. The first kappa shape index (κ1) is 15.2. The van der Waals surface area contributed by atoms with Gasteiger partial charge < -0.3 is 26.0 Å². The van der Waals surface area contributed by atoms with Crippen LogP contribution < -0.4 is 5.73 Å². The summed E-state index contributed by atoms with van der Waals surface area (Å²) in [5.41, 5.74) is 7.49. The van der Waals surface area contributed by atoms with Gasteiger partial charge in [-0.05, 0) is 31.8 Å². The van der Waals surface area contributed by atoms with E-state index in [0.29, 0.717) is 23.1 Å². The summed E-state index contributed by atoms with van der Waals surface area (Å²) in [6, 6.07) is 0. The minimum Gasteiger partial charge on any atom is -0.425 e. The van der Waals surface area contributed by atoms with Crippen LogP contribution in [0.4, 0.5) is 0 Å². The van der Waals surface area contributed by atoms with Crippen molar-refractivity contribution in [1.82, 2.24) is 9.91 Å². The Morgan fingerprint density at radius 2 is 2.29 bits per heavy atom. The summed E-state index contributed by atoms with van der Waals surface area (Å²) in [4.78, 5) is 10.8. The number of amidine groups is 1. The minimum atomic E-state index is -0.359. The number of rotatable bonds is 1. The molecule has 4 aliphatic heterocycles. The number of aliphatic hydroxyl groups is 1. The second-order valence-electron chi connectivity index (χ2n) is 5.95. The van der Waals surface area contributed by atoms with Crippen LogP contribution in [0.2, 0.25) is 0 Å². The number of β-amino-alcohol motifs (C(OH)–C–C–N with tert-alkyl or cyclic N) is 1. The Morgan fingerprint density at radius 3 is 3.12 bits per heavy atom. The van der Waals surface area contributed by atoms with Crippen molar-refractivity contribution in [3.63, 3.8) is 0 Å². The van der Waals surface area contributed by atoms with Gasteiger partial charge in [-0.15, -0.1) is 0 Å². The van der Waals surface area contributed by atoms with Crippen LogP contribution in [-0.4, -0.2) is 58.8 Å². The topological polar surface area (TPSA) is 104 Å². The number of aliphatic hydroxyl groups excluding tert-OH is 1. The molecule has 2 unspecified atom stereocenters. The van der Waals surface area contributed by atoms with Crippen molar-refractivity contribution >= 4 is 30.0 Å². The van der Waals surface area contributed by atoms with Gasteiger partial charge in [0.2, 0.25) is 0 Å². The third-order valence-electron chi connectivity index (χ3n) is 4.25. The quantitative estimate of drug-likeness (QED) is 0.740. The number of nitrogens with zero attached hydrogens (tertiary/aromatic N) is 6. The highest BCUT2D eigenvalue weighted by Gasteiger charge is 2.32. The fraction of sp³-hybridized carbons (Fsp3) is 0.400. The van der Waals surface area contributed by atoms with Crippen LogP contribution in [0.5, 0.6) is 0 Å². The number of nitrogens with two attached hydrogens (primary N) is 1. The predicted octanol–water partition coefficient (Wildman–Crippen LogP) is 1.03. The van der Waals surface area contributed by atoms with Gasteiger partial charge in [0.25, 0.3) is 0 Å². The van der Waals surface area contributed by atoms with Crippen LogP contribution >= 0.6 is 11.6 Å². The molecule has 1 fully saturated rings. The van der Waals surface area contributed by atoms with E-state index in [1.54, 1.807) is 17.4 Å². The molecule has 4 heterocycles. The SMILES string of the molecule is NC1=NN2C=C(Cl)C=NC2C1=C1C=C(N2CCCC(O)C2)[N-]C=N1. The number of piperidine rings is 1. The largest absolute Gasteiger partial charge is 0.425 e. The summed E-state index contributed by atoms with van der Waals surface area (Å²) < 4.78 is 0. The molecule has 8 nitrogen and oxygen atoms in total. The lowest BCUT2D eigenvalue weighted by Gasteiger charge is -2.39. The van der Waals surface area contributed by atoms with Gasteiger partial charge in [-0.2, -0.15) is 5.10 Å². The zero-order valence-electron chi connectivity index (χ0n) is 12.9. The van der Waals surface area contributed by atoms with E-state index in [1.165, 1.54) is 6.34 Å². The highest BCUT2D eigenvalue weighted by molar-refractivity contribution is 6.39. The molecule has 0 aliphatic carbocycles. The normalized spacial score (nSPS) is 32.2. The number of halogens is 1. The molecule has 0 spiro atoms. The van der Waals surface area contributed by atoms with Gasteiger partial charge in [-0.25, -0.2) is 5.01 Å². The zero-order valence-corrected chi connectivity index (χ0v) is 13.6. The summed E-state index contributed by atoms with van der Waals surface area (Å²) in [6.07, 6.45) is 7.71. The van der Waals surface area contributed by atoms with Gasteiger partial charge in [0.15, 0.2) is 12.0 Å². The molecule has 0 aromatic heterocycles. The fourth-order valence-electron chi connectivity index (χ4n) is 3.13. The molecule has 3 N–H and O–H groups in total. The number of fused-ring (bicyclic) bond motifs is 1. The zero-order chi connectivity index (χ0) is 16.7. The first-order chi connectivity index (χ1) is 11.6. The molecule has 1 saturated heterocycles. The molecule has 9 heteroatoms. The van der Waals surface area contributed by atoms with Crippen molar-refractivity contribution in [2.45, 2.75) is 25.1 Å². The van der Waals surface area contributed by atoms with Gasteiger partial charge in [0, 0.05) is 30.5 Å². The van der Waals surface area contributed by atoms with E-state index in [9.17, 15) is 5.11 Å². The summed E-state index contributed by atoms with van der Waals surface area (Å²) in [5.74, 6) is 1.13. The standard InChI is InChI=1S/C15H17ClN7O/c16-9-5-18-15-13(14(17)21-23(15)6-9)11-4-12(20-8-19-11)22-3-1-2-10(24)7-22/h4-6,8,10,15,24H,1-3,7H2,(H2-,17,19,20,21)/q-1. The third-order valence-corrected chi connectivity index (χ3v) is 4.45. The van der Waals surface area contributed by atoms with Crippen LogP contribution in [-0.2, 0) is 0 Å². The fourth-order valence-corrected chi connectivity index (χ4v) is 3.29. The van der Waals surface area contributed by atoms with Crippen molar-refractivity contribution in [3.05, 3.63) is 39.7 Å². The van der Waals surface area contributed by atoms with Gasteiger partial charge in [0.1, 0.15) is 0 Å². The van der Waals surface area contributed by atoms with E-state index in [4.69, 9.17) is 17.3 Å². The predicted molar refractivity (Wildman–Crippen MR) is 93.5 cm³/mol. The summed E-state index contributed by atoms with van der Waals surface area (Å²) in [7, 11) is 0. The monoisotopic (exact) mass is 346 g/mol. The number of aliphatic imine (C=N–C) groups is 2. The Kier molecular flexibility index (Phi) is 3.78. The molecule has 0 aromatic carbocycles. The van der Waals surface area contributed by atoms with E-state index in [2.05, 4.69) is 25.3 Å². The van der Waals surface area contributed by atoms with Crippen molar-refractivity contribution < 1.29 is 5.11 Å². The Morgan fingerprint density at radius 1 is 1.42 bits per heavy atom. The van der Waals surface area contributed by atoms with Crippen molar-refractivity contribution in [1.29, 1.82) is 0 Å². The van der Waals surface area contributed by atoms with Crippen molar-refractivity contribution in [2.24, 2.45) is 20.8 Å². The van der Waals surface area contributed by atoms with Crippen LogP contribution in [0, 0.1) is 0 Å². The molecule has 2 atom stereocenters. The molecule has 0 amide bonds. The molecule has 0 saturated carbocycles. The number of hydrazone groups is 1. The van der Waals surface area contributed by atoms with Gasteiger partial charge in [0.05, 0.1) is 16.7 Å². The molecular formula is C15H17ClN7O-. The number of hydrogen-bond donors (Lipinski definition) is 2. The highest BCUT2D eigenvalue weighted by atomic mass is 35.5. The molecule has 126 valence electrons. The molecule has 0 radical (unpaired) electrons. The van der Waals surface area contributed by atoms with Crippen LogP contribution in [0.15, 0.2) is 49.5 Å². The summed E-state index contributed by atoms with van der Waals surface area (Å²) >= 11 is 5.96.